The van der Waals surface area contributed by atoms with Gasteiger partial charge < -0.3 is 0 Å². The maximum Gasteiger partial charge on any atom is 0.324 e. The molecule has 0 heterocycles. The van der Waals surface area contributed by atoms with Crippen LogP contribution in [0.4, 0.5) is 10.1 Å². The summed E-state index contributed by atoms with van der Waals surface area (Å²) < 4.78 is 34.7. The molecule has 82 valence electrons. The van der Waals surface area contributed by atoms with Crippen molar-refractivity contribution in [2.45, 2.75) is 4.90 Å². The highest BCUT2D eigenvalue weighted by Crippen LogP contribution is 2.34. The normalized spacial score (nSPS) is 11.4. The number of nitrogens with zero attached hydrogens (tertiary/aromatic N) is 1. The third-order valence-electron chi connectivity index (χ3n) is 1.48. The van der Waals surface area contributed by atoms with Gasteiger partial charge in [0.1, 0.15) is 9.92 Å². The molecule has 0 radical (unpaired) electrons. The van der Waals surface area contributed by atoms with Crippen LogP contribution in [0.25, 0.3) is 0 Å². The van der Waals surface area contributed by atoms with Crippen molar-refractivity contribution < 1.29 is 17.7 Å². The van der Waals surface area contributed by atoms with Gasteiger partial charge in [-0.1, -0.05) is 11.6 Å². The van der Waals surface area contributed by atoms with Crippen molar-refractivity contribution in [2.75, 3.05) is 0 Å². The number of halogens is 3. The minimum atomic E-state index is -4.24. The summed E-state index contributed by atoms with van der Waals surface area (Å²) in [5.74, 6) is -1.23. The van der Waals surface area contributed by atoms with Crippen molar-refractivity contribution in [3.05, 3.63) is 33.1 Å². The molecule has 0 saturated carbocycles. The Kier molecular flexibility index (Phi) is 3.17. The van der Waals surface area contributed by atoms with Crippen LogP contribution in [0.1, 0.15) is 0 Å². The van der Waals surface area contributed by atoms with E-state index in [9.17, 15) is 22.9 Å². The molecular weight excluding hydrogens is 272 g/mol. The largest absolute Gasteiger partial charge is 0.324 e. The monoisotopic (exact) mass is 273 g/mol. The first-order chi connectivity index (χ1) is 6.75. The van der Waals surface area contributed by atoms with Gasteiger partial charge in [-0.3, -0.25) is 10.1 Å². The lowest BCUT2D eigenvalue weighted by Crippen LogP contribution is -1.99. The van der Waals surface area contributed by atoms with E-state index < -0.39 is 35.4 Å². The fourth-order valence-electron chi connectivity index (χ4n) is 0.878. The van der Waals surface area contributed by atoms with Crippen LogP contribution < -0.4 is 0 Å². The lowest BCUT2D eigenvalue weighted by Gasteiger charge is -2.01. The zero-order valence-corrected chi connectivity index (χ0v) is 9.11. The molecule has 0 aromatic heterocycles. The van der Waals surface area contributed by atoms with E-state index in [2.05, 4.69) is 0 Å². The highest BCUT2D eigenvalue weighted by Gasteiger charge is 2.27. The van der Waals surface area contributed by atoms with E-state index in [0.717, 1.165) is 6.07 Å². The molecule has 0 aliphatic heterocycles. The van der Waals surface area contributed by atoms with Gasteiger partial charge in [-0.25, -0.2) is 8.42 Å². The van der Waals surface area contributed by atoms with Crippen molar-refractivity contribution in [1.82, 2.24) is 0 Å². The summed E-state index contributed by atoms with van der Waals surface area (Å²) in [6, 6.07) is 1.37. The van der Waals surface area contributed by atoms with Gasteiger partial charge in [-0.2, -0.15) is 4.39 Å². The second-order valence-electron chi connectivity index (χ2n) is 2.40. The topological polar surface area (TPSA) is 77.3 Å². The number of rotatable bonds is 2. The molecule has 0 N–H and O–H groups in total. The lowest BCUT2D eigenvalue weighted by atomic mass is 10.3. The van der Waals surface area contributed by atoms with E-state index in [1.165, 1.54) is 0 Å². The Balaban J connectivity index is 3.64. The molecule has 5 nitrogen and oxygen atoms in total. The average molecular weight is 274 g/mol. The zero-order chi connectivity index (χ0) is 11.8. The quantitative estimate of drug-likeness (QED) is 0.471. The van der Waals surface area contributed by atoms with Crippen LogP contribution in [0, 0.1) is 15.9 Å². The Labute approximate surface area is 93.0 Å². The smallest absolute Gasteiger partial charge is 0.258 e. The molecule has 0 atom stereocenters. The second kappa shape index (κ2) is 3.92. The molecule has 0 amide bonds. The molecule has 1 aromatic rings. The Morgan fingerprint density at radius 1 is 1.40 bits per heavy atom. The van der Waals surface area contributed by atoms with E-state index in [4.69, 9.17) is 22.3 Å². The number of nitro groups is 1. The summed E-state index contributed by atoms with van der Waals surface area (Å²) in [5, 5.41) is 9.53. The fraction of sp³-hybridized carbons (Fsp3) is 0. The van der Waals surface area contributed by atoms with Gasteiger partial charge in [-0.05, 0) is 12.1 Å². The Morgan fingerprint density at radius 2 is 1.93 bits per heavy atom. The summed E-state index contributed by atoms with van der Waals surface area (Å²) in [6.45, 7) is 0. The first-order valence-electron chi connectivity index (χ1n) is 3.32. The van der Waals surface area contributed by atoms with Crippen LogP contribution in [0.15, 0.2) is 17.0 Å². The highest BCUT2D eigenvalue weighted by atomic mass is 35.7. The molecule has 9 heteroatoms. The van der Waals surface area contributed by atoms with Gasteiger partial charge >= 0.3 is 5.69 Å². The van der Waals surface area contributed by atoms with Crippen molar-refractivity contribution in [3.63, 3.8) is 0 Å². The van der Waals surface area contributed by atoms with Gasteiger partial charge in [0.15, 0.2) is 0 Å². The first-order valence-corrected chi connectivity index (χ1v) is 6.01. The number of nitro benzene ring substituents is 1. The summed E-state index contributed by atoms with van der Waals surface area (Å²) in [5.41, 5.74) is -1.11. The fourth-order valence-corrected chi connectivity index (χ4v) is 2.45. The predicted octanol–water partition coefficient (Wildman–Crippen LogP) is 2.31. The summed E-state index contributed by atoms with van der Waals surface area (Å²) in [6.07, 6.45) is 0. The predicted molar refractivity (Wildman–Crippen MR) is 51.1 cm³/mol. The van der Waals surface area contributed by atoms with Crippen molar-refractivity contribution in [2.24, 2.45) is 0 Å². The molecule has 0 fully saturated rings. The standard InChI is InChI=1S/C6H2Cl2FNO4S/c7-5-4(15(8,13)14)2-1-3(9)6(5)10(11)12/h1-2H. The Hall–Kier alpha value is -0.920. The molecule has 0 saturated heterocycles. The number of benzene rings is 1. The average Bonchev–Trinajstić information content (AvgIpc) is 2.00. The Morgan fingerprint density at radius 3 is 2.33 bits per heavy atom. The third kappa shape index (κ3) is 2.36. The molecule has 0 spiro atoms. The summed E-state index contributed by atoms with van der Waals surface area (Å²) in [4.78, 5) is 8.55. The minimum Gasteiger partial charge on any atom is -0.258 e. The van der Waals surface area contributed by atoms with Crippen LogP contribution in [0.5, 0.6) is 0 Å². The lowest BCUT2D eigenvalue weighted by molar-refractivity contribution is -0.387. The van der Waals surface area contributed by atoms with Gasteiger partial charge in [0.05, 0.1) is 4.92 Å². The number of hydrogen-bond acceptors (Lipinski definition) is 4. The van der Waals surface area contributed by atoms with E-state index >= 15 is 0 Å². The zero-order valence-electron chi connectivity index (χ0n) is 6.78. The van der Waals surface area contributed by atoms with E-state index in [1.807, 2.05) is 0 Å². The van der Waals surface area contributed by atoms with Crippen LogP contribution in [0.2, 0.25) is 5.02 Å². The molecular formula is C6H2Cl2FNO4S. The van der Waals surface area contributed by atoms with Crippen molar-refractivity contribution >= 4 is 37.0 Å². The van der Waals surface area contributed by atoms with Gasteiger partial charge in [-0.15, -0.1) is 0 Å². The van der Waals surface area contributed by atoms with Crippen LogP contribution in [-0.4, -0.2) is 13.3 Å². The Bertz CT molecular complexity index is 530. The van der Waals surface area contributed by atoms with Gasteiger partial charge in [0.25, 0.3) is 9.05 Å². The van der Waals surface area contributed by atoms with E-state index in [0.29, 0.717) is 6.07 Å². The first kappa shape index (κ1) is 12.2. The van der Waals surface area contributed by atoms with Crippen molar-refractivity contribution in [3.8, 4) is 0 Å². The van der Waals surface area contributed by atoms with Gasteiger partial charge in [0, 0.05) is 10.7 Å². The van der Waals surface area contributed by atoms with E-state index in [1.54, 1.807) is 0 Å². The maximum atomic E-state index is 12.9. The van der Waals surface area contributed by atoms with Crippen LogP contribution >= 0.6 is 22.3 Å². The molecule has 0 aliphatic carbocycles. The molecule has 1 aromatic carbocycles. The summed E-state index contributed by atoms with van der Waals surface area (Å²) >= 11 is 5.35. The minimum absolute atomic E-state index is 0.610. The maximum absolute atomic E-state index is 12.9. The molecule has 15 heavy (non-hydrogen) atoms. The SMILES string of the molecule is O=[N+]([O-])c1c(F)ccc(S(=O)(=O)Cl)c1Cl. The third-order valence-corrected chi connectivity index (χ3v) is 3.34. The summed E-state index contributed by atoms with van der Waals surface area (Å²) in [7, 11) is 0.698. The number of hydrogen-bond donors (Lipinski definition) is 0. The molecule has 0 aliphatic rings. The van der Waals surface area contributed by atoms with Crippen LogP contribution in [-0.2, 0) is 9.05 Å². The second-order valence-corrected chi connectivity index (χ2v) is 5.32. The molecule has 0 unspecified atom stereocenters. The molecule has 0 bridgehead atoms. The van der Waals surface area contributed by atoms with E-state index in [-0.39, 0.29) is 0 Å². The van der Waals surface area contributed by atoms with Crippen molar-refractivity contribution in [1.29, 1.82) is 0 Å². The van der Waals surface area contributed by atoms with Crippen LogP contribution in [0.3, 0.4) is 0 Å². The van der Waals surface area contributed by atoms with Gasteiger partial charge in [0.2, 0.25) is 5.82 Å². The highest BCUT2D eigenvalue weighted by molar-refractivity contribution is 8.13. The molecule has 1 rings (SSSR count).